The van der Waals surface area contributed by atoms with Gasteiger partial charge in [-0.3, -0.25) is 0 Å². The maximum Gasteiger partial charge on any atom is 0.261 e. The largest absolute Gasteiger partial charge is 0.441 e. The van der Waals surface area contributed by atoms with E-state index in [1.807, 2.05) is 36.4 Å². The highest BCUT2D eigenvalue weighted by atomic mass is 28.4. The van der Waals surface area contributed by atoms with Crippen LogP contribution in [0.25, 0.3) is 0 Å². The van der Waals surface area contributed by atoms with Crippen molar-refractivity contribution >= 4 is 18.7 Å². The SMILES string of the molecule is COCOCCc1ccc(CCO[Si](c2ccccc2)(c2ccccc2)C(C)(C)C)/c(=N/OCc2ccccc2)o1. The number of rotatable bonds is 14. The van der Waals surface area contributed by atoms with Crippen LogP contribution in [0.15, 0.2) is 113 Å². The molecule has 0 saturated heterocycles. The molecule has 0 saturated carbocycles. The molecule has 0 bridgehead atoms. The Hall–Kier alpha value is -3.49. The van der Waals surface area contributed by atoms with Crippen molar-refractivity contribution in [2.24, 2.45) is 5.16 Å². The minimum atomic E-state index is -2.65. The molecule has 0 aliphatic rings. The Morgan fingerprint density at radius 1 is 0.732 bits per heavy atom. The minimum Gasteiger partial charge on any atom is -0.441 e. The lowest BCUT2D eigenvalue weighted by atomic mass is 10.2. The fourth-order valence-electron chi connectivity index (χ4n) is 5.02. The number of hydrogen-bond acceptors (Lipinski definition) is 6. The molecule has 0 aliphatic heterocycles. The molecule has 0 atom stereocenters. The zero-order valence-electron chi connectivity index (χ0n) is 24.5. The summed E-state index contributed by atoms with van der Waals surface area (Å²) in [6.07, 6.45) is 1.23. The highest BCUT2D eigenvalue weighted by Crippen LogP contribution is 2.36. The van der Waals surface area contributed by atoms with Gasteiger partial charge in [0.25, 0.3) is 13.9 Å². The van der Waals surface area contributed by atoms with E-state index in [2.05, 4.69) is 92.7 Å². The molecule has 0 fully saturated rings. The second-order valence-electron chi connectivity index (χ2n) is 10.9. The molecule has 1 heterocycles. The number of nitrogens with zero attached hydrogens (tertiary/aromatic N) is 1. The Labute approximate surface area is 244 Å². The lowest BCUT2D eigenvalue weighted by Gasteiger charge is -2.43. The fraction of sp³-hybridized carbons (Fsp3) is 0.324. The van der Waals surface area contributed by atoms with Gasteiger partial charge in [-0.15, -0.1) is 0 Å². The summed E-state index contributed by atoms with van der Waals surface area (Å²) in [4.78, 5) is 5.73. The Morgan fingerprint density at radius 3 is 1.93 bits per heavy atom. The van der Waals surface area contributed by atoms with E-state index in [0.29, 0.717) is 38.2 Å². The summed E-state index contributed by atoms with van der Waals surface area (Å²) in [6, 6.07) is 35.3. The Balaban J connectivity index is 1.60. The van der Waals surface area contributed by atoms with Gasteiger partial charge in [0.1, 0.15) is 19.2 Å². The van der Waals surface area contributed by atoms with Crippen molar-refractivity contribution in [3.05, 3.63) is 126 Å². The van der Waals surface area contributed by atoms with Gasteiger partial charge in [-0.25, -0.2) is 0 Å². The van der Waals surface area contributed by atoms with Crippen LogP contribution >= 0.6 is 0 Å². The van der Waals surface area contributed by atoms with Crippen molar-refractivity contribution in [1.29, 1.82) is 0 Å². The predicted octanol–water partition coefficient (Wildman–Crippen LogP) is 5.59. The van der Waals surface area contributed by atoms with E-state index in [0.717, 1.165) is 16.9 Å². The van der Waals surface area contributed by atoms with E-state index in [4.69, 9.17) is 23.2 Å². The summed E-state index contributed by atoms with van der Waals surface area (Å²) in [5, 5.41) is 6.82. The van der Waals surface area contributed by atoms with Crippen LogP contribution in [0.1, 0.15) is 37.7 Å². The van der Waals surface area contributed by atoms with Gasteiger partial charge in [0.15, 0.2) is 0 Å². The van der Waals surface area contributed by atoms with Crippen LogP contribution in [0.2, 0.25) is 5.04 Å². The maximum absolute atomic E-state index is 7.10. The number of ether oxygens (including phenoxy) is 2. The smallest absolute Gasteiger partial charge is 0.261 e. The first-order valence-corrected chi connectivity index (χ1v) is 16.0. The van der Waals surface area contributed by atoms with Gasteiger partial charge >= 0.3 is 0 Å². The van der Waals surface area contributed by atoms with Crippen LogP contribution in [0.4, 0.5) is 0 Å². The molecular formula is C34H41NO5Si. The summed E-state index contributed by atoms with van der Waals surface area (Å²) in [5.41, 5.74) is 2.42. The molecule has 3 aromatic carbocycles. The van der Waals surface area contributed by atoms with Crippen molar-refractivity contribution in [3.63, 3.8) is 0 Å². The molecule has 7 heteroatoms. The third-order valence-corrected chi connectivity index (χ3v) is 12.0. The Bertz CT molecular complexity index is 1350. The monoisotopic (exact) mass is 571 g/mol. The van der Waals surface area contributed by atoms with Crippen molar-refractivity contribution in [1.82, 2.24) is 0 Å². The molecule has 0 radical (unpaired) electrons. The van der Waals surface area contributed by atoms with Gasteiger partial charge in [-0.05, 0) is 38.6 Å². The van der Waals surface area contributed by atoms with Gasteiger partial charge < -0.3 is 23.2 Å². The summed E-state index contributed by atoms with van der Waals surface area (Å²) in [7, 11) is -1.04. The van der Waals surface area contributed by atoms with Crippen LogP contribution in [-0.2, 0) is 38.2 Å². The van der Waals surface area contributed by atoms with E-state index in [1.54, 1.807) is 7.11 Å². The van der Waals surface area contributed by atoms with Gasteiger partial charge in [0.05, 0.1) is 6.61 Å². The summed E-state index contributed by atoms with van der Waals surface area (Å²) < 4.78 is 23.7. The average Bonchev–Trinajstić information content (AvgIpc) is 2.99. The zero-order chi connectivity index (χ0) is 29.0. The van der Waals surface area contributed by atoms with Gasteiger partial charge in [0, 0.05) is 25.7 Å². The third-order valence-electron chi connectivity index (χ3n) is 7.00. The van der Waals surface area contributed by atoms with E-state index in [1.165, 1.54) is 10.4 Å². The second kappa shape index (κ2) is 14.9. The molecule has 216 valence electrons. The molecule has 1 aromatic heterocycles. The lowest BCUT2D eigenvalue weighted by molar-refractivity contribution is -0.0302. The maximum atomic E-state index is 7.10. The van der Waals surface area contributed by atoms with Gasteiger partial charge in [0.2, 0.25) is 0 Å². The zero-order valence-corrected chi connectivity index (χ0v) is 25.5. The minimum absolute atomic E-state index is 0.0991. The highest BCUT2D eigenvalue weighted by Gasteiger charge is 2.50. The van der Waals surface area contributed by atoms with Crippen LogP contribution in [0.3, 0.4) is 0 Å². The van der Waals surface area contributed by atoms with E-state index >= 15 is 0 Å². The molecule has 0 unspecified atom stereocenters. The Kier molecular flexibility index (Phi) is 11.1. The van der Waals surface area contributed by atoms with E-state index in [-0.39, 0.29) is 11.8 Å². The van der Waals surface area contributed by atoms with Gasteiger partial charge in [-0.1, -0.05) is 118 Å². The molecule has 41 heavy (non-hydrogen) atoms. The first-order valence-electron chi connectivity index (χ1n) is 14.1. The third kappa shape index (κ3) is 8.05. The number of methoxy groups -OCH3 is 1. The normalized spacial score (nSPS) is 12.4. The molecule has 0 spiro atoms. The fourth-order valence-corrected chi connectivity index (χ4v) is 9.58. The lowest BCUT2D eigenvalue weighted by Crippen LogP contribution is -2.66. The Morgan fingerprint density at radius 2 is 1.34 bits per heavy atom. The molecule has 0 aliphatic carbocycles. The molecule has 0 N–H and O–H groups in total. The van der Waals surface area contributed by atoms with Crippen LogP contribution in [-0.4, -0.2) is 35.4 Å². The standard InChI is InChI=1S/C34H41NO5Si/c1-34(2,3)41(31-16-10-6-11-17-31,32-18-12-7-13-19-32)39-25-22-29-20-21-30(23-24-37-27-36-4)40-33(29)35-38-26-28-14-8-5-9-15-28/h5-21H,22-27H2,1-4H3/b35-33-. The number of hydrogen-bond donors (Lipinski definition) is 0. The average molecular weight is 572 g/mol. The molecule has 4 rings (SSSR count). The van der Waals surface area contributed by atoms with Crippen molar-refractivity contribution in [3.8, 4) is 0 Å². The topological polar surface area (TPSA) is 62.4 Å². The predicted molar refractivity (Wildman–Crippen MR) is 164 cm³/mol. The van der Waals surface area contributed by atoms with Gasteiger partial charge in [-0.2, -0.15) is 0 Å². The van der Waals surface area contributed by atoms with Crippen molar-refractivity contribution in [2.45, 2.75) is 45.3 Å². The molecule has 6 nitrogen and oxygen atoms in total. The molecule has 4 aromatic rings. The van der Waals surface area contributed by atoms with Crippen molar-refractivity contribution in [2.75, 3.05) is 27.1 Å². The van der Waals surface area contributed by atoms with E-state index < -0.39 is 8.32 Å². The first-order chi connectivity index (χ1) is 19.9. The molecular weight excluding hydrogens is 530 g/mol. The summed E-state index contributed by atoms with van der Waals surface area (Å²) in [5.74, 6) is 0.764. The van der Waals surface area contributed by atoms with Crippen LogP contribution in [0.5, 0.6) is 0 Å². The number of benzene rings is 3. The first kappa shape index (κ1) is 30.5. The summed E-state index contributed by atoms with van der Waals surface area (Å²) in [6.45, 7) is 8.45. The second-order valence-corrected chi connectivity index (χ2v) is 15.2. The van der Waals surface area contributed by atoms with Crippen molar-refractivity contribution < 1.29 is 23.2 Å². The van der Waals surface area contributed by atoms with E-state index in [9.17, 15) is 0 Å². The molecule has 0 amide bonds. The summed E-state index contributed by atoms with van der Waals surface area (Å²) >= 11 is 0. The quantitative estimate of drug-likeness (QED) is 0.0854. The highest BCUT2D eigenvalue weighted by molar-refractivity contribution is 6.99. The van der Waals surface area contributed by atoms with Crippen LogP contribution < -0.4 is 15.9 Å². The van der Waals surface area contributed by atoms with Crippen LogP contribution in [0, 0.1) is 0 Å².